The molecule has 1 aromatic carbocycles. The van der Waals surface area contributed by atoms with E-state index >= 15 is 0 Å². The summed E-state index contributed by atoms with van der Waals surface area (Å²) in [5.41, 5.74) is 4.30. The Morgan fingerprint density at radius 3 is 2.46 bits per heavy atom. The molecule has 68 valence electrons. The fourth-order valence-electron chi connectivity index (χ4n) is 1.43. The van der Waals surface area contributed by atoms with E-state index in [1.165, 1.54) is 5.56 Å². The molecule has 0 bridgehead atoms. The standard InChI is InChI=1S/C13H16/c1-4-11-13(3,5-2)12-9-7-6-8-10-12/h6-11H,1,5H2,2-3H3. The van der Waals surface area contributed by atoms with E-state index < -0.39 is 0 Å². The summed E-state index contributed by atoms with van der Waals surface area (Å²) in [4.78, 5) is 0. The van der Waals surface area contributed by atoms with Crippen LogP contribution in [0.3, 0.4) is 0 Å². The summed E-state index contributed by atoms with van der Waals surface area (Å²) in [6.45, 7) is 8.03. The Kier molecular flexibility index (Phi) is 3.11. The Morgan fingerprint density at radius 2 is 2.00 bits per heavy atom. The number of hydrogen-bond donors (Lipinski definition) is 0. The van der Waals surface area contributed by atoms with Gasteiger partial charge >= 0.3 is 0 Å². The van der Waals surface area contributed by atoms with Gasteiger partial charge in [0.2, 0.25) is 0 Å². The maximum absolute atomic E-state index is 3.64. The number of allylic oxidation sites excluding steroid dienone is 1. The van der Waals surface area contributed by atoms with Gasteiger partial charge in [-0.25, -0.2) is 0 Å². The molecular formula is C13H16. The number of rotatable bonds is 3. The lowest BCUT2D eigenvalue weighted by molar-refractivity contribution is 0.573. The summed E-state index contributed by atoms with van der Waals surface area (Å²) in [7, 11) is 0. The average molecular weight is 172 g/mol. The van der Waals surface area contributed by atoms with Gasteiger partial charge < -0.3 is 0 Å². The van der Waals surface area contributed by atoms with Gasteiger partial charge in [0.1, 0.15) is 0 Å². The van der Waals surface area contributed by atoms with Gasteiger partial charge in [-0.05, 0) is 18.1 Å². The maximum atomic E-state index is 3.64. The first-order chi connectivity index (χ1) is 6.23. The van der Waals surface area contributed by atoms with Crippen LogP contribution in [0.2, 0.25) is 0 Å². The molecule has 0 spiro atoms. The van der Waals surface area contributed by atoms with Crippen LogP contribution >= 0.6 is 0 Å². The lowest BCUT2D eigenvalue weighted by Gasteiger charge is -2.23. The Balaban J connectivity index is 3.10. The molecule has 0 heteroatoms. The molecule has 0 amide bonds. The molecule has 0 heterocycles. The second-order valence-electron chi connectivity index (χ2n) is 3.49. The predicted octanol–water partition coefficient (Wildman–Crippen LogP) is 3.70. The maximum Gasteiger partial charge on any atom is 0.0176 e. The summed E-state index contributed by atoms with van der Waals surface area (Å²) >= 11 is 0. The van der Waals surface area contributed by atoms with Crippen molar-refractivity contribution in [2.45, 2.75) is 25.7 Å². The highest BCUT2D eigenvalue weighted by Crippen LogP contribution is 2.28. The van der Waals surface area contributed by atoms with Gasteiger partial charge in [0.15, 0.2) is 0 Å². The number of hydrogen-bond acceptors (Lipinski definition) is 0. The van der Waals surface area contributed by atoms with E-state index in [2.05, 4.69) is 50.4 Å². The normalized spacial score (nSPS) is 14.3. The highest BCUT2D eigenvalue weighted by molar-refractivity contribution is 5.29. The molecule has 0 saturated heterocycles. The zero-order valence-corrected chi connectivity index (χ0v) is 8.38. The second kappa shape index (κ2) is 4.11. The van der Waals surface area contributed by atoms with Crippen LogP contribution in [-0.2, 0) is 5.41 Å². The number of benzene rings is 1. The van der Waals surface area contributed by atoms with E-state index in [1.807, 2.05) is 12.1 Å². The molecule has 0 nitrogen and oxygen atoms in total. The predicted molar refractivity (Wildman–Crippen MR) is 57.8 cm³/mol. The smallest absolute Gasteiger partial charge is 0.0176 e. The Morgan fingerprint density at radius 1 is 1.38 bits per heavy atom. The topological polar surface area (TPSA) is 0 Å². The Bertz CT molecular complexity index is 304. The van der Waals surface area contributed by atoms with Gasteiger partial charge in [-0.2, -0.15) is 0 Å². The molecule has 0 aliphatic rings. The van der Waals surface area contributed by atoms with Crippen molar-refractivity contribution >= 4 is 0 Å². The molecule has 0 aliphatic carbocycles. The summed E-state index contributed by atoms with van der Waals surface area (Å²) in [6.07, 6.45) is 3.11. The summed E-state index contributed by atoms with van der Waals surface area (Å²) in [5, 5.41) is 0. The van der Waals surface area contributed by atoms with E-state index in [-0.39, 0.29) is 5.41 Å². The van der Waals surface area contributed by atoms with Crippen LogP contribution in [0, 0.1) is 0 Å². The van der Waals surface area contributed by atoms with Crippen LogP contribution in [0.15, 0.2) is 48.7 Å². The van der Waals surface area contributed by atoms with Gasteiger partial charge in [0.05, 0.1) is 0 Å². The van der Waals surface area contributed by atoms with Gasteiger partial charge in [0.25, 0.3) is 0 Å². The first-order valence-corrected chi connectivity index (χ1v) is 4.65. The third-order valence-electron chi connectivity index (χ3n) is 2.59. The third kappa shape index (κ3) is 2.11. The molecule has 0 aromatic heterocycles. The molecule has 13 heavy (non-hydrogen) atoms. The van der Waals surface area contributed by atoms with Crippen LogP contribution in [0.4, 0.5) is 0 Å². The fourth-order valence-corrected chi connectivity index (χ4v) is 1.43. The highest BCUT2D eigenvalue weighted by Gasteiger charge is 2.20. The average Bonchev–Trinajstić information content (AvgIpc) is 2.19. The molecule has 0 fully saturated rings. The van der Waals surface area contributed by atoms with Crippen molar-refractivity contribution in [3.8, 4) is 0 Å². The van der Waals surface area contributed by atoms with E-state index in [9.17, 15) is 0 Å². The zero-order valence-electron chi connectivity index (χ0n) is 8.38. The molecule has 0 radical (unpaired) electrons. The first-order valence-electron chi connectivity index (χ1n) is 4.65. The molecule has 0 N–H and O–H groups in total. The Hall–Kier alpha value is -1.26. The fraction of sp³-hybridized carbons (Fsp3) is 0.308. The van der Waals surface area contributed by atoms with E-state index in [0.29, 0.717) is 0 Å². The Labute approximate surface area is 80.6 Å². The van der Waals surface area contributed by atoms with Crippen LogP contribution in [0.25, 0.3) is 0 Å². The second-order valence-corrected chi connectivity index (χ2v) is 3.49. The molecular weight excluding hydrogens is 156 g/mol. The molecule has 1 aromatic rings. The van der Waals surface area contributed by atoms with Crippen LogP contribution in [-0.4, -0.2) is 0 Å². The van der Waals surface area contributed by atoms with Crippen molar-refractivity contribution in [3.63, 3.8) is 0 Å². The molecule has 0 saturated carbocycles. The molecule has 0 aliphatic heterocycles. The van der Waals surface area contributed by atoms with Gasteiger partial charge in [-0.15, -0.1) is 5.73 Å². The first kappa shape index (κ1) is 9.83. The van der Waals surface area contributed by atoms with Crippen LogP contribution in [0.5, 0.6) is 0 Å². The van der Waals surface area contributed by atoms with Crippen molar-refractivity contribution in [1.82, 2.24) is 0 Å². The third-order valence-corrected chi connectivity index (χ3v) is 2.59. The molecule has 1 atom stereocenters. The lowest BCUT2D eigenvalue weighted by Crippen LogP contribution is -2.16. The minimum Gasteiger partial charge on any atom is -0.132 e. The van der Waals surface area contributed by atoms with Crippen molar-refractivity contribution in [2.24, 2.45) is 0 Å². The monoisotopic (exact) mass is 172 g/mol. The minimum absolute atomic E-state index is 0.0863. The largest absolute Gasteiger partial charge is 0.132 e. The molecule has 1 rings (SSSR count). The molecule has 1 unspecified atom stereocenters. The minimum atomic E-state index is 0.0863. The van der Waals surface area contributed by atoms with E-state index in [1.54, 1.807) is 0 Å². The van der Waals surface area contributed by atoms with Crippen LogP contribution < -0.4 is 0 Å². The van der Waals surface area contributed by atoms with Gasteiger partial charge in [-0.3, -0.25) is 0 Å². The van der Waals surface area contributed by atoms with Crippen molar-refractivity contribution < 1.29 is 0 Å². The van der Waals surface area contributed by atoms with E-state index in [0.717, 1.165) is 6.42 Å². The SMILES string of the molecule is C=C=CC(C)(CC)c1ccccc1. The summed E-state index contributed by atoms with van der Waals surface area (Å²) in [6, 6.07) is 10.5. The van der Waals surface area contributed by atoms with Crippen molar-refractivity contribution in [3.05, 3.63) is 54.3 Å². The lowest BCUT2D eigenvalue weighted by atomic mass is 9.80. The zero-order chi connectivity index (χ0) is 9.73. The summed E-state index contributed by atoms with van der Waals surface area (Å²) < 4.78 is 0. The highest BCUT2D eigenvalue weighted by atomic mass is 14.2. The van der Waals surface area contributed by atoms with Gasteiger partial charge in [0, 0.05) is 5.41 Å². The quantitative estimate of drug-likeness (QED) is 0.610. The summed E-state index contributed by atoms with van der Waals surface area (Å²) in [5.74, 6) is 0. The van der Waals surface area contributed by atoms with Crippen molar-refractivity contribution in [2.75, 3.05) is 0 Å². The van der Waals surface area contributed by atoms with Crippen molar-refractivity contribution in [1.29, 1.82) is 0 Å². The van der Waals surface area contributed by atoms with Gasteiger partial charge in [-0.1, -0.05) is 50.8 Å². The van der Waals surface area contributed by atoms with E-state index in [4.69, 9.17) is 0 Å². The van der Waals surface area contributed by atoms with Crippen LogP contribution in [0.1, 0.15) is 25.8 Å².